The van der Waals surface area contributed by atoms with Crippen molar-refractivity contribution in [1.82, 2.24) is 0 Å². The largest absolute Gasteiger partial charge is 0.586 e. The molecule has 0 aliphatic rings. The molecule has 0 aliphatic carbocycles. The molecule has 0 heterocycles. The van der Waals surface area contributed by atoms with Crippen LogP contribution in [0.1, 0.15) is 0 Å². The van der Waals surface area contributed by atoms with Crippen molar-refractivity contribution in [2.24, 2.45) is 0 Å². The van der Waals surface area contributed by atoms with Gasteiger partial charge in [0.05, 0.1) is 6.66 Å². The lowest BCUT2D eigenvalue weighted by Gasteiger charge is -1.89. The zero-order valence-electron chi connectivity index (χ0n) is 4.57. The fraction of sp³-hybridized carbons (Fsp3) is 1.00. The van der Waals surface area contributed by atoms with E-state index in [9.17, 15) is 9.13 Å². The molecule has 0 spiro atoms. The van der Waals surface area contributed by atoms with Gasteiger partial charge in [-0.3, -0.25) is 4.52 Å². The SMILES string of the molecule is COP(C)(=O)[P+](=O)O. The lowest BCUT2D eigenvalue weighted by atomic mass is 11.8. The van der Waals surface area contributed by atoms with Gasteiger partial charge in [-0.2, -0.15) is 4.89 Å². The van der Waals surface area contributed by atoms with Crippen LogP contribution in [-0.4, -0.2) is 18.7 Å². The van der Waals surface area contributed by atoms with Crippen molar-refractivity contribution >= 4 is 14.8 Å². The maximum Gasteiger partial charge on any atom is 0.586 e. The highest BCUT2D eigenvalue weighted by Gasteiger charge is 2.38. The van der Waals surface area contributed by atoms with Crippen molar-refractivity contribution in [1.29, 1.82) is 0 Å². The summed E-state index contributed by atoms with van der Waals surface area (Å²) < 4.78 is 24.8. The number of rotatable bonds is 2. The van der Waals surface area contributed by atoms with E-state index in [2.05, 4.69) is 4.52 Å². The van der Waals surface area contributed by atoms with E-state index < -0.39 is 14.8 Å². The first-order valence-corrected chi connectivity index (χ1v) is 5.79. The van der Waals surface area contributed by atoms with E-state index in [-0.39, 0.29) is 0 Å². The van der Waals surface area contributed by atoms with E-state index in [4.69, 9.17) is 4.89 Å². The minimum Gasteiger partial charge on any atom is -0.295 e. The Balaban J connectivity index is 4.15. The van der Waals surface area contributed by atoms with Crippen molar-refractivity contribution in [3.63, 3.8) is 0 Å². The van der Waals surface area contributed by atoms with Crippen LogP contribution in [0.25, 0.3) is 0 Å². The Bertz CT molecular complexity index is 141. The summed E-state index contributed by atoms with van der Waals surface area (Å²) in [6.45, 7) is 1.12. The van der Waals surface area contributed by atoms with Gasteiger partial charge in [0.15, 0.2) is 0 Å². The minimum atomic E-state index is -3.18. The van der Waals surface area contributed by atoms with Gasteiger partial charge >= 0.3 is 14.8 Å². The summed E-state index contributed by atoms with van der Waals surface area (Å²) in [5.74, 6) is 0. The monoisotopic (exact) mass is 157 g/mol. The molecule has 0 saturated heterocycles. The molecule has 0 rings (SSSR count). The zero-order valence-corrected chi connectivity index (χ0v) is 6.36. The van der Waals surface area contributed by atoms with E-state index in [1.165, 1.54) is 0 Å². The maximum atomic E-state index is 10.5. The molecule has 0 bridgehead atoms. The van der Waals surface area contributed by atoms with E-state index in [0.717, 1.165) is 13.8 Å². The Kier molecular flexibility index (Phi) is 2.78. The summed E-state index contributed by atoms with van der Waals surface area (Å²) in [6, 6.07) is 0. The molecular weight excluding hydrogens is 150 g/mol. The van der Waals surface area contributed by atoms with Crippen LogP contribution in [0.5, 0.6) is 0 Å². The molecule has 6 heteroatoms. The topological polar surface area (TPSA) is 63.6 Å². The first kappa shape index (κ1) is 8.25. The average Bonchev–Trinajstić information content (AvgIpc) is 1.67. The van der Waals surface area contributed by atoms with E-state index in [1.54, 1.807) is 0 Å². The van der Waals surface area contributed by atoms with Gasteiger partial charge in [-0.05, 0) is 4.57 Å². The van der Waals surface area contributed by atoms with Gasteiger partial charge in [0.25, 0.3) is 0 Å². The Morgan fingerprint density at radius 1 is 1.75 bits per heavy atom. The summed E-state index contributed by atoms with van der Waals surface area (Å²) in [6.07, 6.45) is 0. The van der Waals surface area contributed by atoms with E-state index in [0.29, 0.717) is 0 Å². The normalized spacial score (nSPS) is 19.6. The molecule has 0 aromatic rings. The third-order valence-corrected chi connectivity index (χ3v) is 4.30. The Labute approximate surface area is 48.1 Å². The van der Waals surface area contributed by atoms with Gasteiger partial charge < -0.3 is 0 Å². The molecule has 0 aromatic carbocycles. The first-order valence-electron chi connectivity index (χ1n) is 1.80. The van der Waals surface area contributed by atoms with Crippen LogP contribution in [-0.2, 0) is 13.7 Å². The first-order chi connectivity index (χ1) is 3.50. The van der Waals surface area contributed by atoms with Crippen LogP contribution in [0, 0.1) is 0 Å². The molecule has 0 amide bonds. The van der Waals surface area contributed by atoms with Crippen LogP contribution in [0.2, 0.25) is 0 Å². The average molecular weight is 157 g/mol. The van der Waals surface area contributed by atoms with Crippen molar-refractivity contribution in [2.75, 3.05) is 13.8 Å². The van der Waals surface area contributed by atoms with Crippen molar-refractivity contribution in [3.05, 3.63) is 0 Å². The zero-order chi connectivity index (χ0) is 6.78. The Morgan fingerprint density at radius 3 is 2.12 bits per heavy atom. The highest BCUT2D eigenvalue weighted by Crippen LogP contribution is 2.63. The molecule has 8 heavy (non-hydrogen) atoms. The molecule has 0 aromatic heterocycles. The quantitative estimate of drug-likeness (QED) is 0.611. The lowest BCUT2D eigenvalue weighted by Crippen LogP contribution is -1.73. The van der Waals surface area contributed by atoms with Crippen LogP contribution in [0.4, 0.5) is 0 Å². The van der Waals surface area contributed by atoms with Crippen molar-refractivity contribution in [3.8, 4) is 0 Å². The van der Waals surface area contributed by atoms with Crippen LogP contribution < -0.4 is 0 Å². The third-order valence-electron chi connectivity index (χ3n) is 0.650. The van der Waals surface area contributed by atoms with Gasteiger partial charge in [-0.15, -0.1) is 0 Å². The summed E-state index contributed by atoms with van der Waals surface area (Å²) in [4.78, 5) is 8.20. The second-order valence-electron chi connectivity index (χ2n) is 1.24. The van der Waals surface area contributed by atoms with Crippen molar-refractivity contribution < 1.29 is 18.5 Å². The van der Waals surface area contributed by atoms with Crippen LogP contribution in [0.3, 0.4) is 0 Å². The maximum absolute atomic E-state index is 10.5. The summed E-state index contributed by atoms with van der Waals surface area (Å²) in [5.41, 5.74) is 0. The molecule has 0 radical (unpaired) electrons. The summed E-state index contributed by atoms with van der Waals surface area (Å²) >= 11 is 0. The fourth-order valence-electron chi connectivity index (χ4n) is 0.0698. The Morgan fingerprint density at radius 2 is 2.12 bits per heavy atom. The van der Waals surface area contributed by atoms with Gasteiger partial charge in [0.1, 0.15) is 0 Å². The number of hydrogen-bond donors (Lipinski definition) is 1. The molecule has 1 N–H and O–H groups in total. The van der Waals surface area contributed by atoms with E-state index in [1.807, 2.05) is 0 Å². The predicted molar refractivity (Wildman–Crippen MR) is 30.4 cm³/mol. The summed E-state index contributed by atoms with van der Waals surface area (Å²) in [7, 11) is -4.70. The van der Waals surface area contributed by atoms with E-state index >= 15 is 0 Å². The number of hydrogen-bond acceptors (Lipinski definition) is 3. The highest BCUT2D eigenvalue weighted by molar-refractivity contribution is 8.22. The van der Waals surface area contributed by atoms with Gasteiger partial charge in [0, 0.05) is 7.11 Å². The third kappa shape index (κ3) is 2.01. The second kappa shape index (κ2) is 2.70. The van der Waals surface area contributed by atoms with Gasteiger partial charge in [-0.25, -0.2) is 4.57 Å². The standard InChI is InChI=1S/C2H6O4P2/c1-6-8(2,5)7(3)4/h1-2H3/p+1. The Hall–Kier alpha value is 0.250. The second-order valence-corrected chi connectivity index (χ2v) is 6.92. The molecular formula is C2H7O4P2+. The molecule has 0 saturated carbocycles. The predicted octanol–water partition coefficient (Wildman–Crippen LogP) is 1.19. The molecule has 0 fully saturated rings. The van der Waals surface area contributed by atoms with Crippen LogP contribution in [0.15, 0.2) is 0 Å². The van der Waals surface area contributed by atoms with Crippen molar-refractivity contribution in [2.45, 2.75) is 0 Å². The smallest absolute Gasteiger partial charge is 0.295 e. The molecule has 0 aliphatic heterocycles. The molecule has 2 atom stereocenters. The molecule has 4 nitrogen and oxygen atoms in total. The van der Waals surface area contributed by atoms with Crippen LogP contribution >= 0.6 is 14.8 Å². The molecule has 48 valence electrons. The lowest BCUT2D eigenvalue weighted by molar-refractivity contribution is 0.404. The minimum absolute atomic E-state index is 1.12. The fourth-order valence-corrected chi connectivity index (χ4v) is 0.629. The molecule has 2 unspecified atom stereocenters. The van der Waals surface area contributed by atoms with Gasteiger partial charge in [-0.1, -0.05) is 0 Å². The highest BCUT2D eigenvalue weighted by atomic mass is 32.1. The van der Waals surface area contributed by atoms with Gasteiger partial charge in [0.2, 0.25) is 0 Å². The summed E-state index contributed by atoms with van der Waals surface area (Å²) in [5, 5.41) is 0.